The maximum Gasteiger partial charge on any atom is 0.264 e. The summed E-state index contributed by atoms with van der Waals surface area (Å²) >= 11 is 0. The van der Waals surface area contributed by atoms with Crippen LogP contribution >= 0.6 is 0 Å². The van der Waals surface area contributed by atoms with Crippen molar-refractivity contribution in [2.75, 3.05) is 25.0 Å². The fraction of sp³-hybridized carbons (Fsp3) is 1.00. The first kappa shape index (κ1) is 25.6. The van der Waals surface area contributed by atoms with Gasteiger partial charge in [-0.25, -0.2) is 0 Å². The summed E-state index contributed by atoms with van der Waals surface area (Å²) in [5.74, 6) is 0. The topological polar surface area (TPSA) is 214 Å². The van der Waals surface area contributed by atoms with Crippen LogP contribution in [0.1, 0.15) is 0 Å². The van der Waals surface area contributed by atoms with Gasteiger partial charge in [-0.15, -0.1) is 0 Å². The van der Waals surface area contributed by atoms with Crippen LogP contribution in [0.3, 0.4) is 0 Å². The van der Waals surface area contributed by atoms with Gasteiger partial charge >= 0.3 is 0 Å². The Morgan fingerprint density at radius 3 is 0.821 bits per heavy atom. The molecule has 1 aliphatic carbocycles. The fourth-order valence-electron chi connectivity index (χ4n) is 2.40. The number of hydrogen-bond donors (Lipinski definition) is 2. The van der Waals surface area contributed by atoms with Crippen molar-refractivity contribution in [2.24, 2.45) is 0 Å². The SMILES string of the molecule is CS(=O)(=O)O[C@@H]1[C@H](OS(C)(=O)=O)[C@H](OS(C)(=O)=O)[C@H](O)[C@H](O)[C@@H]1OS(C)(=O)=O. The second kappa shape index (κ2) is 8.36. The number of aliphatic hydroxyl groups excluding tert-OH is 2. The van der Waals surface area contributed by atoms with Crippen LogP contribution in [-0.2, 0) is 57.2 Å². The van der Waals surface area contributed by atoms with Gasteiger partial charge in [0.25, 0.3) is 40.5 Å². The zero-order chi connectivity index (χ0) is 22.3. The standard InChI is InChI=1S/C10H20O14S4/c1-25(13,14)21-7-5(11)6(12)8(22-26(2,15)16)10(24-28(4,19)20)9(7)23-27(3,17)18/h5-12H,1-4H3/t5-,6+,7-,8+,9-,10+. The van der Waals surface area contributed by atoms with Crippen molar-refractivity contribution < 1.29 is 60.6 Å². The first-order chi connectivity index (χ1) is 12.2. The third kappa shape index (κ3) is 8.13. The quantitative estimate of drug-likeness (QED) is 0.310. The smallest absolute Gasteiger partial charge is 0.264 e. The van der Waals surface area contributed by atoms with Crippen molar-refractivity contribution in [1.82, 2.24) is 0 Å². The molecule has 0 radical (unpaired) electrons. The van der Waals surface area contributed by atoms with E-state index in [4.69, 9.17) is 0 Å². The molecule has 0 aromatic rings. The predicted molar refractivity (Wildman–Crippen MR) is 90.9 cm³/mol. The van der Waals surface area contributed by atoms with E-state index in [1.807, 2.05) is 0 Å². The van der Waals surface area contributed by atoms with Gasteiger partial charge in [-0.3, -0.25) is 16.7 Å². The summed E-state index contributed by atoms with van der Waals surface area (Å²) in [6.45, 7) is 0. The molecule has 168 valence electrons. The monoisotopic (exact) mass is 492 g/mol. The van der Waals surface area contributed by atoms with E-state index in [0.717, 1.165) is 0 Å². The Morgan fingerprint density at radius 1 is 0.464 bits per heavy atom. The molecule has 28 heavy (non-hydrogen) atoms. The lowest BCUT2D eigenvalue weighted by atomic mass is 9.85. The molecule has 0 unspecified atom stereocenters. The molecule has 0 spiro atoms. The van der Waals surface area contributed by atoms with Gasteiger partial charge in [-0.1, -0.05) is 0 Å². The molecule has 6 atom stereocenters. The summed E-state index contributed by atoms with van der Waals surface area (Å²) in [5, 5.41) is 20.3. The third-order valence-electron chi connectivity index (χ3n) is 3.14. The molecule has 18 heteroatoms. The lowest BCUT2D eigenvalue weighted by Gasteiger charge is -2.44. The summed E-state index contributed by atoms with van der Waals surface area (Å²) in [5.41, 5.74) is 0. The Balaban J connectivity index is 3.62. The minimum Gasteiger partial charge on any atom is -0.387 e. The molecule has 0 saturated heterocycles. The Hall–Kier alpha value is -0.440. The Morgan fingerprint density at radius 2 is 0.643 bits per heavy atom. The first-order valence-corrected chi connectivity index (χ1v) is 14.4. The maximum absolute atomic E-state index is 11.6. The van der Waals surface area contributed by atoms with E-state index < -0.39 is 77.1 Å². The number of aliphatic hydroxyl groups is 2. The van der Waals surface area contributed by atoms with Crippen LogP contribution in [0.15, 0.2) is 0 Å². The van der Waals surface area contributed by atoms with Crippen LogP contribution in [0.5, 0.6) is 0 Å². The van der Waals surface area contributed by atoms with Crippen molar-refractivity contribution in [2.45, 2.75) is 36.6 Å². The molecule has 0 amide bonds. The molecule has 14 nitrogen and oxygen atoms in total. The lowest BCUT2D eigenvalue weighted by molar-refractivity contribution is -0.193. The third-order valence-corrected chi connectivity index (χ3v) is 5.43. The van der Waals surface area contributed by atoms with E-state index in [-0.39, 0.29) is 0 Å². The van der Waals surface area contributed by atoms with Gasteiger partial charge in [-0.2, -0.15) is 33.7 Å². The van der Waals surface area contributed by atoms with E-state index in [1.54, 1.807) is 0 Å². The molecule has 0 aliphatic heterocycles. The summed E-state index contributed by atoms with van der Waals surface area (Å²) in [7, 11) is -17.7. The highest BCUT2D eigenvalue weighted by Crippen LogP contribution is 2.33. The van der Waals surface area contributed by atoms with E-state index in [0.29, 0.717) is 25.0 Å². The molecular formula is C10H20O14S4. The van der Waals surface area contributed by atoms with Gasteiger partial charge in [0, 0.05) is 0 Å². The molecule has 2 N–H and O–H groups in total. The van der Waals surface area contributed by atoms with Gasteiger partial charge in [0.2, 0.25) is 0 Å². The minimum atomic E-state index is -4.46. The normalized spacial score (nSPS) is 32.9. The zero-order valence-electron chi connectivity index (χ0n) is 14.9. The van der Waals surface area contributed by atoms with Gasteiger partial charge in [-0.05, 0) is 0 Å². The summed E-state index contributed by atoms with van der Waals surface area (Å²) < 4.78 is 110. The van der Waals surface area contributed by atoms with E-state index >= 15 is 0 Å². The number of rotatable bonds is 8. The maximum atomic E-state index is 11.6. The first-order valence-electron chi connectivity index (χ1n) is 7.09. The van der Waals surface area contributed by atoms with Crippen LogP contribution < -0.4 is 0 Å². The highest BCUT2D eigenvalue weighted by Gasteiger charge is 2.57. The second-order valence-corrected chi connectivity index (χ2v) is 12.4. The largest absolute Gasteiger partial charge is 0.387 e. The van der Waals surface area contributed by atoms with Gasteiger partial charge in [0.15, 0.2) is 0 Å². The molecule has 1 fully saturated rings. The van der Waals surface area contributed by atoms with Crippen LogP contribution in [0.4, 0.5) is 0 Å². The summed E-state index contributed by atoms with van der Waals surface area (Å²) in [4.78, 5) is 0. The van der Waals surface area contributed by atoms with Crippen LogP contribution in [-0.4, -0.2) is 106 Å². The Labute approximate surface area is 162 Å². The summed E-state index contributed by atoms with van der Waals surface area (Å²) in [6, 6.07) is 0. The van der Waals surface area contributed by atoms with E-state index in [1.165, 1.54) is 0 Å². The van der Waals surface area contributed by atoms with Gasteiger partial charge in [0.05, 0.1) is 25.0 Å². The fourth-order valence-corrected chi connectivity index (χ4v) is 4.90. The average molecular weight is 493 g/mol. The molecule has 0 aromatic heterocycles. The lowest BCUT2D eigenvalue weighted by Crippen LogP contribution is -2.67. The number of hydrogen-bond acceptors (Lipinski definition) is 14. The molecule has 0 bridgehead atoms. The molecule has 0 aromatic carbocycles. The van der Waals surface area contributed by atoms with Crippen LogP contribution in [0.25, 0.3) is 0 Å². The van der Waals surface area contributed by atoms with Crippen molar-refractivity contribution in [3.05, 3.63) is 0 Å². The van der Waals surface area contributed by atoms with Gasteiger partial charge < -0.3 is 10.2 Å². The zero-order valence-corrected chi connectivity index (χ0v) is 18.2. The Kier molecular flexibility index (Phi) is 7.64. The van der Waals surface area contributed by atoms with E-state index in [9.17, 15) is 43.9 Å². The minimum absolute atomic E-state index is 0.506. The predicted octanol–water partition coefficient (Wildman–Crippen LogP) is -3.90. The highest BCUT2D eigenvalue weighted by molar-refractivity contribution is 7.86. The summed E-state index contributed by atoms with van der Waals surface area (Å²) in [6.07, 6.45) is -11.3. The average Bonchev–Trinajstić information content (AvgIpc) is 2.39. The van der Waals surface area contributed by atoms with Crippen molar-refractivity contribution >= 4 is 40.5 Å². The molecule has 0 heterocycles. The van der Waals surface area contributed by atoms with Crippen LogP contribution in [0.2, 0.25) is 0 Å². The Bertz CT molecular complexity index is 897. The van der Waals surface area contributed by atoms with Gasteiger partial charge in [0.1, 0.15) is 36.6 Å². The van der Waals surface area contributed by atoms with Crippen molar-refractivity contribution in [3.8, 4) is 0 Å². The molecule has 1 saturated carbocycles. The van der Waals surface area contributed by atoms with Crippen molar-refractivity contribution in [1.29, 1.82) is 0 Å². The second-order valence-electron chi connectivity index (χ2n) is 6.04. The molecule has 1 aliphatic rings. The van der Waals surface area contributed by atoms with Crippen LogP contribution in [0, 0.1) is 0 Å². The van der Waals surface area contributed by atoms with E-state index in [2.05, 4.69) is 16.7 Å². The molecule has 1 rings (SSSR count). The van der Waals surface area contributed by atoms with Crippen molar-refractivity contribution in [3.63, 3.8) is 0 Å². The molecular weight excluding hydrogens is 472 g/mol. The highest BCUT2D eigenvalue weighted by atomic mass is 32.2.